The number of ketones is 4. The number of benzene rings is 4. The van der Waals surface area contributed by atoms with Crippen LogP contribution in [0.5, 0.6) is 0 Å². The summed E-state index contributed by atoms with van der Waals surface area (Å²) in [4.78, 5) is 69.0. The van der Waals surface area contributed by atoms with Gasteiger partial charge < -0.3 is 4.74 Å². The van der Waals surface area contributed by atoms with Crippen molar-refractivity contribution in [2.24, 2.45) is 0 Å². The SMILES string of the molecule is N#Cc1cc2c(cc1C#N)C(=O)C(=Cc1cc3c4nn(C(=O)OCc5ccccc5)nc4c4cc(C=C5C(=O)c6cc(C#N)c(C#N)cc6C5=O)sc4c3s1)C2=O. The van der Waals surface area contributed by atoms with Crippen LogP contribution in [0, 0.1) is 45.3 Å². The minimum atomic E-state index is -0.853. The Kier molecular flexibility index (Phi) is 7.87. The number of carbonyl (C=O) groups excluding carboxylic acids is 5. The van der Waals surface area contributed by atoms with Crippen LogP contribution in [-0.2, 0) is 11.3 Å². The molecule has 0 aliphatic heterocycles. The summed E-state index contributed by atoms with van der Waals surface area (Å²) in [7, 11) is 0. The Labute approximate surface area is 327 Å². The number of Topliss-reactive ketones (excluding diaryl/α,β-unsaturated/α-hetero) is 4. The first-order valence-corrected chi connectivity index (χ1v) is 18.3. The normalized spacial score (nSPS) is 13.1. The lowest BCUT2D eigenvalue weighted by molar-refractivity contribution is 0.0975. The molecule has 2 aliphatic carbocycles. The fraction of sp³-hybridized carbons (Fsp3) is 0.0238. The zero-order valence-electron chi connectivity index (χ0n) is 28.6. The van der Waals surface area contributed by atoms with Crippen LogP contribution in [0.3, 0.4) is 0 Å². The zero-order valence-corrected chi connectivity index (χ0v) is 30.2. The Hall–Kier alpha value is -8.21. The van der Waals surface area contributed by atoms with E-state index in [1.807, 2.05) is 30.3 Å². The van der Waals surface area contributed by atoms with Crippen molar-refractivity contribution in [2.75, 3.05) is 0 Å². The van der Waals surface area contributed by atoms with Gasteiger partial charge in [0.05, 0.1) is 42.8 Å². The number of allylic oxidation sites excluding steroid dienone is 2. The van der Waals surface area contributed by atoms with E-state index < -0.39 is 29.2 Å². The molecule has 3 heterocycles. The van der Waals surface area contributed by atoms with Gasteiger partial charge >= 0.3 is 6.09 Å². The van der Waals surface area contributed by atoms with E-state index in [0.717, 1.165) is 10.4 Å². The van der Waals surface area contributed by atoms with Crippen LogP contribution in [0.25, 0.3) is 43.4 Å². The third-order valence-electron chi connectivity index (χ3n) is 9.53. The number of hydrogen-bond acceptors (Lipinski definition) is 14. The number of nitriles is 4. The van der Waals surface area contributed by atoms with Gasteiger partial charge in [-0.15, -0.1) is 32.9 Å². The van der Waals surface area contributed by atoms with Crippen molar-refractivity contribution >= 4 is 95.3 Å². The first-order chi connectivity index (χ1) is 27.6. The average molecular weight is 778 g/mol. The topological polar surface area (TPSA) is 220 Å². The Morgan fingerprint density at radius 2 is 1.00 bits per heavy atom. The van der Waals surface area contributed by atoms with Gasteiger partial charge in [0.1, 0.15) is 41.9 Å². The van der Waals surface area contributed by atoms with Crippen LogP contribution in [0.15, 0.2) is 77.9 Å². The average Bonchev–Trinajstić information content (AvgIpc) is 4.05. The Morgan fingerprint density at radius 1 is 0.614 bits per heavy atom. The number of carbonyl (C=O) groups is 5. The lowest BCUT2D eigenvalue weighted by Crippen LogP contribution is -2.16. The first-order valence-electron chi connectivity index (χ1n) is 16.7. The molecule has 0 atom stereocenters. The molecule has 15 heteroatoms. The van der Waals surface area contributed by atoms with Crippen molar-refractivity contribution in [3.63, 3.8) is 0 Å². The summed E-state index contributed by atoms with van der Waals surface area (Å²) in [5.74, 6) is -2.40. The van der Waals surface area contributed by atoms with Gasteiger partial charge in [-0.25, -0.2) is 4.79 Å². The molecule has 13 nitrogen and oxygen atoms in total. The highest BCUT2D eigenvalue weighted by Gasteiger charge is 2.36. The highest BCUT2D eigenvalue weighted by atomic mass is 32.1. The molecule has 0 amide bonds. The first kappa shape index (κ1) is 34.6. The molecule has 7 aromatic rings. The van der Waals surface area contributed by atoms with Crippen LogP contribution in [-0.4, -0.2) is 44.2 Å². The molecule has 4 aromatic carbocycles. The number of rotatable bonds is 4. The van der Waals surface area contributed by atoms with Crippen molar-refractivity contribution in [3.8, 4) is 24.3 Å². The van der Waals surface area contributed by atoms with Gasteiger partial charge in [-0.2, -0.15) is 21.0 Å². The van der Waals surface area contributed by atoms with Crippen molar-refractivity contribution in [3.05, 3.63) is 138 Å². The van der Waals surface area contributed by atoms with Crippen LogP contribution >= 0.6 is 22.7 Å². The molecule has 0 saturated carbocycles. The summed E-state index contributed by atoms with van der Waals surface area (Å²) >= 11 is 2.45. The van der Waals surface area contributed by atoms with E-state index in [1.54, 1.807) is 36.4 Å². The van der Waals surface area contributed by atoms with Gasteiger partial charge in [0.15, 0.2) is 23.1 Å². The summed E-state index contributed by atoms with van der Waals surface area (Å²) in [6.45, 7) is -0.0406. The largest absolute Gasteiger partial charge is 0.452 e. The molecular weight excluding hydrogens is 763 g/mol. The number of fused-ring (bicyclic) bond motifs is 8. The molecule has 0 N–H and O–H groups in total. The van der Waals surface area contributed by atoms with Crippen LogP contribution in [0.1, 0.15) is 79.0 Å². The smallest absolute Gasteiger partial charge is 0.442 e. The second-order valence-electron chi connectivity index (χ2n) is 12.8. The number of hydrogen-bond donors (Lipinski definition) is 0. The fourth-order valence-corrected chi connectivity index (χ4v) is 9.20. The van der Waals surface area contributed by atoms with Crippen molar-refractivity contribution in [1.29, 1.82) is 21.0 Å². The molecule has 57 heavy (non-hydrogen) atoms. The molecule has 0 radical (unpaired) electrons. The minimum Gasteiger partial charge on any atom is -0.442 e. The van der Waals surface area contributed by atoms with E-state index in [-0.39, 0.29) is 62.3 Å². The molecule has 3 aromatic heterocycles. The number of aromatic nitrogens is 3. The second-order valence-corrected chi connectivity index (χ2v) is 14.9. The zero-order chi connectivity index (χ0) is 39.7. The van der Waals surface area contributed by atoms with Gasteiger partial charge in [0.25, 0.3) is 0 Å². The van der Waals surface area contributed by atoms with E-state index in [0.29, 0.717) is 41.0 Å². The van der Waals surface area contributed by atoms with Crippen molar-refractivity contribution < 1.29 is 28.7 Å². The molecule has 266 valence electrons. The van der Waals surface area contributed by atoms with Gasteiger partial charge in [-0.3, -0.25) is 19.2 Å². The standard InChI is InChI=1S/C42H15N7O6S2/c43-14-20-6-26-27(7-21(20)15-44)37(51)32(36(26)50)12-24-10-30-34-35(48-49(47-34)42(54)55-18-19-4-2-1-3-5-19)31-11-25(57-41(31)40(30)56-24)13-33-38(52)28-8-22(16-45)23(17-46)9-29(28)39(33)53/h1-13H,18H2. The van der Waals surface area contributed by atoms with Crippen LogP contribution in [0.2, 0.25) is 0 Å². The molecular formula is C42H15N7O6S2. The van der Waals surface area contributed by atoms with Gasteiger partial charge in [0.2, 0.25) is 0 Å². The molecule has 0 spiro atoms. The van der Waals surface area contributed by atoms with Gasteiger partial charge in [-0.05, 0) is 54.1 Å². The Balaban J connectivity index is 1.18. The lowest BCUT2D eigenvalue weighted by atomic mass is 10.0. The summed E-state index contributed by atoms with van der Waals surface area (Å²) < 4.78 is 6.77. The monoisotopic (exact) mass is 777 g/mol. The van der Waals surface area contributed by atoms with Crippen LogP contribution in [0.4, 0.5) is 4.79 Å². The van der Waals surface area contributed by atoms with E-state index >= 15 is 0 Å². The van der Waals surface area contributed by atoms with Gasteiger partial charge in [-0.1, -0.05) is 35.1 Å². The van der Waals surface area contributed by atoms with E-state index in [2.05, 4.69) is 10.2 Å². The van der Waals surface area contributed by atoms with Gasteiger partial charge in [0, 0.05) is 42.8 Å². The Morgan fingerprint density at radius 3 is 1.37 bits per heavy atom. The van der Waals surface area contributed by atoms with Crippen molar-refractivity contribution in [2.45, 2.75) is 6.61 Å². The minimum absolute atomic E-state index is 0.0199. The summed E-state index contributed by atoms with van der Waals surface area (Å²) in [6, 6.07) is 24.9. The third kappa shape index (κ3) is 5.36. The van der Waals surface area contributed by atoms with E-state index in [9.17, 15) is 45.0 Å². The highest BCUT2D eigenvalue weighted by Crippen LogP contribution is 2.44. The molecule has 0 saturated heterocycles. The quantitative estimate of drug-likeness (QED) is 0.126. The summed E-state index contributed by atoms with van der Waals surface area (Å²) in [6.07, 6.45) is 2.00. The molecule has 0 bridgehead atoms. The highest BCUT2D eigenvalue weighted by molar-refractivity contribution is 7.28. The maximum atomic E-state index is 13.5. The fourth-order valence-electron chi connectivity index (χ4n) is 6.83. The lowest BCUT2D eigenvalue weighted by Gasteiger charge is -2.02. The van der Waals surface area contributed by atoms with Crippen LogP contribution < -0.4 is 0 Å². The predicted octanol–water partition coefficient (Wildman–Crippen LogP) is 7.46. The Bertz CT molecular complexity index is 3040. The van der Waals surface area contributed by atoms with E-state index in [1.165, 1.54) is 59.1 Å². The number of thiophene rings is 2. The predicted molar refractivity (Wildman–Crippen MR) is 205 cm³/mol. The molecule has 9 rings (SSSR count). The summed E-state index contributed by atoms with van der Waals surface area (Å²) in [5.41, 5.74) is 0.993. The molecule has 2 aliphatic rings. The maximum absolute atomic E-state index is 13.5. The number of nitrogens with zero attached hydrogens (tertiary/aromatic N) is 7. The van der Waals surface area contributed by atoms with E-state index in [4.69, 9.17) is 4.74 Å². The summed E-state index contributed by atoms with van der Waals surface area (Å²) in [5, 5.41) is 48.0. The molecule has 0 fully saturated rings. The van der Waals surface area contributed by atoms with Crippen molar-refractivity contribution in [1.82, 2.24) is 15.0 Å². The second kappa shape index (κ2) is 13.0. The third-order valence-corrected chi connectivity index (χ3v) is 11.9. The molecule has 0 unspecified atom stereocenters. The number of ether oxygens (including phenoxy) is 1. The maximum Gasteiger partial charge on any atom is 0.452 e.